The lowest BCUT2D eigenvalue weighted by Crippen LogP contribution is -2.64. The predicted molar refractivity (Wildman–Crippen MR) is 142 cm³/mol. The van der Waals surface area contributed by atoms with Crippen molar-refractivity contribution in [3.8, 4) is 0 Å². The summed E-state index contributed by atoms with van der Waals surface area (Å²) >= 11 is 0. The Balaban J connectivity index is 1.62. The SMILES string of the molecule is C/C(=C\[C@@]12CC[C@]3(C)[C@H](CC[C@@H]4[C@@]5(C)CC[C@H](O)[C@H](C)[C@@H]5CC[C@]43C)C1=C(C(C)C)C(=O)C2)C(=O)O. The number of carboxylic acids is 1. The number of hydrogen-bond acceptors (Lipinski definition) is 3. The van der Waals surface area contributed by atoms with Crippen LogP contribution in [0.1, 0.15) is 106 Å². The Morgan fingerprint density at radius 2 is 1.69 bits per heavy atom. The summed E-state index contributed by atoms with van der Waals surface area (Å²) < 4.78 is 0. The van der Waals surface area contributed by atoms with Crippen LogP contribution in [0.15, 0.2) is 22.8 Å². The average Bonchev–Trinajstić information content (AvgIpc) is 3.09. The third-order valence-electron chi connectivity index (χ3n) is 12.9. The summed E-state index contributed by atoms with van der Waals surface area (Å²) in [6.45, 7) is 15.9. The van der Waals surface area contributed by atoms with Gasteiger partial charge in [-0.05, 0) is 115 Å². The minimum Gasteiger partial charge on any atom is -0.478 e. The number of hydrogen-bond donors (Lipinski definition) is 2. The summed E-state index contributed by atoms with van der Waals surface area (Å²) in [5, 5.41) is 20.4. The van der Waals surface area contributed by atoms with Crippen LogP contribution in [-0.2, 0) is 9.59 Å². The van der Waals surface area contributed by atoms with Crippen LogP contribution in [0.4, 0.5) is 0 Å². The highest BCUT2D eigenvalue weighted by Gasteiger charge is 2.68. The van der Waals surface area contributed by atoms with Crippen molar-refractivity contribution in [3.05, 3.63) is 22.8 Å². The summed E-state index contributed by atoms with van der Waals surface area (Å²) in [5.41, 5.74) is 2.81. The van der Waals surface area contributed by atoms with Crippen LogP contribution >= 0.6 is 0 Å². The third-order valence-corrected chi connectivity index (χ3v) is 12.9. The number of Topliss-reactive ketones (excluding diaryl/α,β-unsaturated/α-hetero) is 1. The van der Waals surface area contributed by atoms with Gasteiger partial charge in [0, 0.05) is 17.4 Å². The van der Waals surface area contributed by atoms with Crippen molar-refractivity contribution in [3.63, 3.8) is 0 Å². The number of carboxylic acid groups (broad SMARTS) is 1. The van der Waals surface area contributed by atoms with Gasteiger partial charge in [0.15, 0.2) is 5.78 Å². The minimum absolute atomic E-state index is 0.0950. The third kappa shape index (κ3) is 3.28. The average molecular weight is 497 g/mol. The molecule has 0 heterocycles. The van der Waals surface area contributed by atoms with Gasteiger partial charge in [0.1, 0.15) is 0 Å². The molecule has 4 nitrogen and oxygen atoms in total. The summed E-state index contributed by atoms with van der Waals surface area (Å²) in [4.78, 5) is 25.4. The first-order valence-corrected chi connectivity index (χ1v) is 14.6. The highest BCUT2D eigenvalue weighted by Crippen LogP contribution is 2.76. The lowest BCUT2D eigenvalue weighted by Gasteiger charge is -2.71. The summed E-state index contributed by atoms with van der Waals surface area (Å²) in [6, 6.07) is 0. The monoisotopic (exact) mass is 496 g/mol. The van der Waals surface area contributed by atoms with Gasteiger partial charge in [0.05, 0.1) is 6.10 Å². The van der Waals surface area contributed by atoms with E-state index < -0.39 is 11.4 Å². The Morgan fingerprint density at radius 3 is 2.33 bits per heavy atom. The molecule has 9 atom stereocenters. The molecule has 36 heavy (non-hydrogen) atoms. The molecule has 0 aliphatic heterocycles. The Kier molecular flexibility index (Phi) is 6.03. The van der Waals surface area contributed by atoms with Gasteiger partial charge in [-0.2, -0.15) is 0 Å². The fourth-order valence-electron chi connectivity index (χ4n) is 10.9. The first-order valence-electron chi connectivity index (χ1n) is 14.6. The van der Waals surface area contributed by atoms with E-state index in [-0.39, 0.29) is 34.1 Å². The van der Waals surface area contributed by atoms with Crippen molar-refractivity contribution in [2.75, 3.05) is 0 Å². The molecular formula is C32H48O4. The number of allylic oxidation sites excluding steroid dienone is 3. The van der Waals surface area contributed by atoms with Crippen molar-refractivity contribution < 1.29 is 19.8 Å². The fraction of sp³-hybridized carbons (Fsp3) is 0.812. The van der Waals surface area contributed by atoms with E-state index in [1.165, 1.54) is 24.8 Å². The largest absolute Gasteiger partial charge is 0.478 e. The van der Waals surface area contributed by atoms with Crippen LogP contribution in [0.5, 0.6) is 0 Å². The number of carbonyl (C=O) groups is 2. The van der Waals surface area contributed by atoms with Crippen molar-refractivity contribution in [1.82, 2.24) is 0 Å². The molecule has 0 bridgehead atoms. The molecule has 200 valence electrons. The zero-order valence-corrected chi connectivity index (χ0v) is 23.6. The number of aliphatic hydroxyl groups excluding tert-OH is 1. The fourth-order valence-corrected chi connectivity index (χ4v) is 10.9. The second kappa shape index (κ2) is 8.29. The molecule has 0 aromatic carbocycles. The number of rotatable bonds is 3. The van der Waals surface area contributed by atoms with Gasteiger partial charge >= 0.3 is 5.97 Å². The van der Waals surface area contributed by atoms with Gasteiger partial charge in [-0.1, -0.05) is 47.6 Å². The summed E-state index contributed by atoms with van der Waals surface area (Å²) in [5.74, 6) is 1.45. The van der Waals surface area contributed by atoms with Crippen molar-refractivity contribution in [2.45, 2.75) is 112 Å². The van der Waals surface area contributed by atoms with Crippen LogP contribution in [0.2, 0.25) is 0 Å². The second-order valence-corrected chi connectivity index (χ2v) is 14.5. The van der Waals surface area contributed by atoms with Gasteiger partial charge < -0.3 is 10.2 Å². The van der Waals surface area contributed by atoms with Gasteiger partial charge in [-0.3, -0.25) is 4.79 Å². The van der Waals surface area contributed by atoms with E-state index in [0.29, 0.717) is 35.7 Å². The molecule has 4 heteroatoms. The van der Waals surface area contributed by atoms with Gasteiger partial charge in [0.25, 0.3) is 0 Å². The second-order valence-electron chi connectivity index (χ2n) is 14.5. The molecule has 0 radical (unpaired) electrons. The standard InChI is InChI=1S/C32H48O4/c1-18(2)26-24(34)17-32(16-19(3)28(35)36)15-14-30(6)22(27(26)32)8-9-25-29(5)12-11-23(33)20(4)21(29)10-13-31(25,30)7/h16,18,20-23,25,33H,8-15,17H2,1-7H3,(H,35,36)/b19-16+/t20-,21+,22-,23+,25-,29+,30-,31-,32-/m1/s1. The number of carbonyl (C=O) groups excluding carboxylic acids is 1. The normalized spacial score (nSPS) is 48.9. The van der Waals surface area contributed by atoms with E-state index in [1.807, 2.05) is 6.08 Å². The van der Waals surface area contributed by atoms with E-state index in [9.17, 15) is 19.8 Å². The Labute approximate surface area is 218 Å². The van der Waals surface area contributed by atoms with E-state index in [2.05, 4.69) is 41.5 Å². The molecule has 0 saturated heterocycles. The molecule has 5 aliphatic rings. The van der Waals surface area contributed by atoms with Crippen LogP contribution in [-0.4, -0.2) is 28.1 Å². The number of ketones is 1. The summed E-state index contributed by atoms with van der Waals surface area (Å²) in [7, 11) is 0. The highest BCUT2D eigenvalue weighted by atomic mass is 16.4. The first-order chi connectivity index (χ1) is 16.7. The van der Waals surface area contributed by atoms with Crippen LogP contribution in [0.25, 0.3) is 0 Å². The Hall–Kier alpha value is -1.42. The lowest BCUT2D eigenvalue weighted by molar-refractivity contribution is -0.209. The molecule has 0 amide bonds. The van der Waals surface area contributed by atoms with Gasteiger partial charge in [0.2, 0.25) is 0 Å². The van der Waals surface area contributed by atoms with Gasteiger partial charge in [-0.15, -0.1) is 0 Å². The Morgan fingerprint density at radius 1 is 1.00 bits per heavy atom. The highest BCUT2D eigenvalue weighted by molar-refractivity contribution is 6.01. The smallest absolute Gasteiger partial charge is 0.330 e. The molecule has 5 rings (SSSR count). The van der Waals surface area contributed by atoms with E-state index in [1.54, 1.807) is 6.92 Å². The molecule has 0 aromatic heterocycles. The van der Waals surface area contributed by atoms with Crippen LogP contribution in [0.3, 0.4) is 0 Å². The van der Waals surface area contributed by atoms with Crippen molar-refractivity contribution >= 4 is 11.8 Å². The van der Waals surface area contributed by atoms with Crippen LogP contribution < -0.4 is 0 Å². The molecule has 4 saturated carbocycles. The maximum atomic E-state index is 13.5. The Bertz CT molecular complexity index is 1040. The topological polar surface area (TPSA) is 74.6 Å². The maximum Gasteiger partial charge on any atom is 0.330 e. The zero-order valence-electron chi connectivity index (χ0n) is 23.6. The molecule has 2 N–H and O–H groups in total. The number of aliphatic hydroxyl groups is 1. The molecule has 5 aliphatic carbocycles. The molecule has 0 aromatic rings. The quantitative estimate of drug-likeness (QED) is 0.414. The van der Waals surface area contributed by atoms with Crippen molar-refractivity contribution in [2.24, 2.45) is 51.2 Å². The first kappa shape index (κ1) is 26.2. The van der Waals surface area contributed by atoms with E-state index in [0.717, 1.165) is 37.7 Å². The summed E-state index contributed by atoms with van der Waals surface area (Å²) in [6.07, 6.45) is 10.9. The molecular weight excluding hydrogens is 448 g/mol. The lowest BCUT2D eigenvalue weighted by atomic mass is 9.34. The van der Waals surface area contributed by atoms with Crippen molar-refractivity contribution in [1.29, 1.82) is 0 Å². The van der Waals surface area contributed by atoms with E-state index >= 15 is 0 Å². The zero-order chi connectivity index (χ0) is 26.4. The van der Waals surface area contributed by atoms with Crippen LogP contribution in [0, 0.1) is 51.2 Å². The maximum absolute atomic E-state index is 13.5. The molecule has 0 unspecified atom stereocenters. The van der Waals surface area contributed by atoms with Gasteiger partial charge in [-0.25, -0.2) is 4.79 Å². The number of fused-ring (bicyclic) bond motifs is 7. The number of aliphatic carboxylic acids is 1. The van der Waals surface area contributed by atoms with E-state index in [4.69, 9.17) is 0 Å². The predicted octanol–water partition coefficient (Wildman–Crippen LogP) is 6.97. The molecule has 0 spiro atoms. The minimum atomic E-state index is -0.877. The molecule has 4 fully saturated rings.